The van der Waals surface area contributed by atoms with Crippen molar-refractivity contribution >= 4 is 21.7 Å². The number of hydrogen-bond donors (Lipinski definition) is 2. The summed E-state index contributed by atoms with van der Waals surface area (Å²) in [5.74, 6) is 0.247. The van der Waals surface area contributed by atoms with Crippen LogP contribution in [0.5, 0.6) is 23.0 Å². The zero-order valence-corrected chi connectivity index (χ0v) is 11.3. The van der Waals surface area contributed by atoms with Crippen LogP contribution in [0.2, 0.25) is 0 Å². The number of phenolic OH excluding ortho intramolecular Hbond substituents is 2. The maximum atomic E-state index is 12.0. The van der Waals surface area contributed by atoms with E-state index in [0.717, 1.165) is 0 Å². The highest BCUT2D eigenvalue weighted by molar-refractivity contribution is 6.07. The van der Waals surface area contributed by atoms with E-state index in [0.29, 0.717) is 16.5 Å². The summed E-state index contributed by atoms with van der Waals surface area (Å²) in [5.41, 5.74) is -0.430. The molecule has 6 heteroatoms. The van der Waals surface area contributed by atoms with Gasteiger partial charge in [0.25, 0.3) is 0 Å². The second kappa shape index (κ2) is 4.59. The van der Waals surface area contributed by atoms with Crippen LogP contribution in [-0.4, -0.2) is 24.4 Å². The summed E-state index contributed by atoms with van der Waals surface area (Å²) in [4.78, 5) is 12.0. The fourth-order valence-corrected chi connectivity index (χ4v) is 2.30. The number of benzene rings is 2. The van der Waals surface area contributed by atoms with E-state index in [2.05, 4.69) is 0 Å². The summed E-state index contributed by atoms with van der Waals surface area (Å²) in [7, 11) is 2.85. The molecule has 1 aromatic heterocycles. The number of rotatable bonds is 2. The van der Waals surface area contributed by atoms with Crippen molar-refractivity contribution in [2.24, 2.45) is 0 Å². The van der Waals surface area contributed by atoms with Crippen LogP contribution in [-0.2, 0) is 0 Å². The van der Waals surface area contributed by atoms with Crippen molar-refractivity contribution in [1.29, 1.82) is 0 Å². The van der Waals surface area contributed by atoms with Crippen LogP contribution >= 0.6 is 0 Å². The lowest BCUT2D eigenvalue weighted by molar-refractivity contribution is 0.373. The molecule has 0 aliphatic rings. The van der Waals surface area contributed by atoms with Gasteiger partial charge in [0, 0.05) is 22.9 Å². The van der Waals surface area contributed by atoms with Gasteiger partial charge in [0.15, 0.2) is 11.5 Å². The number of hydrogen-bond acceptors (Lipinski definition) is 6. The molecule has 0 aliphatic carbocycles. The molecule has 2 N–H and O–H groups in total. The van der Waals surface area contributed by atoms with Crippen LogP contribution in [0.4, 0.5) is 0 Å². The molecule has 21 heavy (non-hydrogen) atoms. The van der Waals surface area contributed by atoms with Gasteiger partial charge in [0.2, 0.25) is 0 Å². The number of fused-ring (bicyclic) bond motifs is 3. The predicted octanol–water partition coefficient (Wildman–Crippen LogP) is 2.37. The topological polar surface area (TPSA) is 89.1 Å². The molecule has 0 aliphatic heterocycles. The molecule has 0 fully saturated rings. The highest BCUT2D eigenvalue weighted by Gasteiger charge is 2.15. The summed E-state index contributed by atoms with van der Waals surface area (Å²) in [6.45, 7) is 0. The van der Waals surface area contributed by atoms with E-state index >= 15 is 0 Å². The lowest BCUT2D eigenvalue weighted by atomic mass is 10.1. The molecular formula is C15H12O6. The zero-order chi connectivity index (χ0) is 15.1. The van der Waals surface area contributed by atoms with E-state index in [4.69, 9.17) is 13.9 Å². The first-order valence-electron chi connectivity index (χ1n) is 6.09. The van der Waals surface area contributed by atoms with E-state index in [1.807, 2.05) is 0 Å². The van der Waals surface area contributed by atoms with E-state index in [9.17, 15) is 15.0 Å². The second-order valence-electron chi connectivity index (χ2n) is 4.48. The van der Waals surface area contributed by atoms with Crippen molar-refractivity contribution in [2.75, 3.05) is 14.2 Å². The van der Waals surface area contributed by atoms with Crippen molar-refractivity contribution in [3.63, 3.8) is 0 Å². The Kier molecular flexibility index (Phi) is 2.86. The van der Waals surface area contributed by atoms with Crippen molar-refractivity contribution in [2.45, 2.75) is 0 Å². The molecule has 0 saturated carbocycles. The average molecular weight is 288 g/mol. The van der Waals surface area contributed by atoms with Crippen LogP contribution < -0.4 is 15.1 Å². The minimum absolute atomic E-state index is 0.0351. The molecular weight excluding hydrogens is 276 g/mol. The van der Waals surface area contributed by atoms with Crippen LogP contribution in [0.3, 0.4) is 0 Å². The molecule has 0 spiro atoms. The maximum Gasteiger partial charge on any atom is 0.347 e. The quantitative estimate of drug-likeness (QED) is 0.556. The Labute approximate surface area is 118 Å². The molecule has 3 rings (SSSR count). The SMILES string of the molecule is COc1cc(O)c2c(=O)oc3cc(OC)c(O)cc3c2c1. The van der Waals surface area contributed by atoms with Crippen molar-refractivity contribution in [1.82, 2.24) is 0 Å². The Morgan fingerprint density at radius 2 is 1.71 bits per heavy atom. The summed E-state index contributed by atoms with van der Waals surface area (Å²) in [6, 6.07) is 5.76. The first-order chi connectivity index (χ1) is 10.0. The molecule has 0 unspecified atom stereocenters. The van der Waals surface area contributed by atoms with Gasteiger partial charge >= 0.3 is 5.63 Å². The minimum Gasteiger partial charge on any atom is -0.507 e. The van der Waals surface area contributed by atoms with Gasteiger partial charge in [-0.2, -0.15) is 0 Å². The zero-order valence-electron chi connectivity index (χ0n) is 11.3. The Hall–Kier alpha value is -2.89. The van der Waals surface area contributed by atoms with Gasteiger partial charge in [0.1, 0.15) is 22.5 Å². The normalized spacial score (nSPS) is 11.0. The fourth-order valence-electron chi connectivity index (χ4n) is 2.30. The largest absolute Gasteiger partial charge is 0.507 e. The average Bonchev–Trinajstić information content (AvgIpc) is 2.46. The third-order valence-electron chi connectivity index (χ3n) is 3.30. The molecule has 3 aromatic rings. The van der Waals surface area contributed by atoms with E-state index in [1.165, 1.54) is 32.4 Å². The van der Waals surface area contributed by atoms with Gasteiger partial charge in [-0.15, -0.1) is 0 Å². The maximum absolute atomic E-state index is 12.0. The molecule has 0 saturated heterocycles. The first-order valence-corrected chi connectivity index (χ1v) is 6.09. The molecule has 0 amide bonds. The highest BCUT2D eigenvalue weighted by Crippen LogP contribution is 2.37. The predicted molar refractivity (Wildman–Crippen MR) is 76.4 cm³/mol. The van der Waals surface area contributed by atoms with Crippen LogP contribution in [0, 0.1) is 0 Å². The monoisotopic (exact) mass is 288 g/mol. The Morgan fingerprint density at radius 1 is 0.952 bits per heavy atom. The standard InChI is InChI=1S/C15H12O6/c1-19-7-3-9-8-5-10(16)13(20-2)6-12(8)21-15(18)14(9)11(17)4-7/h3-6,16-17H,1-2H3. The molecule has 1 heterocycles. The van der Waals surface area contributed by atoms with Crippen LogP contribution in [0.1, 0.15) is 0 Å². The van der Waals surface area contributed by atoms with Gasteiger partial charge in [-0.3, -0.25) is 0 Å². The van der Waals surface area contributed by atoms with Crippen LogP contribution in [0.25, 0.3) is 21.7 Å². The molecule has 6 nitrogen and oxygen atoms in total. The summed E-state index contributed by atoms with van der Waals surface area (Å²) in [6.07, 6.45) is 0. The van der Waals surface area contributed by atoms with Crippen molar-refractivity contribution < 1.29 is 24.1 Å². The number of aromatic hydroxyl groups is 2. The smallest absolute Gasteiger partial charge is 0.347 e. The minimum atomic E-state index is -0.676. The Balaban J connectivity index is 2.54. The molecule has 0 bridgehead atoms. The van der Waals surface area contributed by atoms with Crippen LogP contribution in [0.15, 0.2) is 33.5 Å². The van der Waals surface area contributed by atoms with Crippen molar-refractivity contribution in [3.05, 3.63) is 34.7 Å². The van der Waals surface area contributed by atoms with E-state index in [-0.39, 0.29) is 28.2 Å². The van der Waals surface area contributed by atoms with Gasteiger partial charge in [0.05, 0.1) is 14.2 Å². The third-order valence-corrected chi connectivity index (χ3v) is 3.30. The second-order valence-corrected chi connectivity index (χ2v) is 4.48. The highest BCUT2D eigenvalue weighted by atomic mass is 16.5. The molecule has 2 aromatic carbocycles. The lowest BCUT2D eigenvalue weighted by Crippen LogP contribution is -2.01. The van der Waals surface area contributed by atoms with Gasteiger partial charge in [-0.1, -0.05) is 0 Å². The lowest BCUT2D eigenvalue weighted by Gasteiger charge is -2.09. The third kappa shape index (κ3) is 1.92. The number of phenols is 2. The molecule has 0 radical (unpaired) electrons. The van der Waals surface area contributed by atoms with E-state index < -0.39 is 5.63 Å². The summed E-state index contributed by atoms with van der Waals surface area (Å²) >= 11 is 0. The van der Waals surface area contributed by atoms with Gasteiger partial charge in [-0.25, -0.2) is 4.79 Å². The van der Waals surface area contributed by atoms with Crippen molar-refractivity contribution in [3.8, 4) is 23.0 Å². The summed E-state index contributed by atoms with van der Waals surface area (Å²) in [5, 5.41) is 20.8. The molecule has 108 valence electrons. The first kappa shape index (κ1) is 13.1. The van der Waals surface area contributed by atoms with E-state index in [1.54, 1.807) is 6.07 Å². The Morgan fingerprint density at radius 3 is 2.38 bits per heavy atom. The molecule has 0 atom stereocenters. The van der Waals surface area contributed by atoms with Gasteiger partial charge in [-0.05, 0) is 12.1 Å². The van der Waals surface area contributed by atoms with Gasteiger partial charge < -0.3 is 24.1 Å². The number of methoxy groups -OCH3 is 2. The number of ether oxygens (including phenoxy) is 2. The summed E-state index contributed by atoms with van der Waals surface area (Å²) < 4.78 is 15.3. The Bertz CT molecular complexity index is 910. The fraction of sp³-hybridized carbons (Fsp3) is 0.133.